The van der Waals surface area contributed by atoms with E-state index in [1.54, 1.807) is 30.3 Å². The third kappa shape index (κ3) is 1.52. The molecule has 0 saturated carbocycles. The van der Waals surface area contributed by atoms with Crippen molar-refractivity contribution in [3.8, 4) is 0 Å². The van der Waals surface area contributed by atoms with E-state index in [9.17, 15) is 9.59 Å². The highest BCUT2D eigenvalue weighted by molar-refractivity contribution is 6.17. The van der Waals surface area contributed by atoms with E-state index in [-0.39, 0.29) is 7.43 Å². The summed E-state index contributed by atoms with van der Waals surface area (Å²) in [4.78, 5) is 23.0. The van der Waals surface area contributed by atoms with E-state index in [2.05, 4.69) is 10.2 Å². The molecular weight excluding hydrogens is 182 g/mol. The summed E-state index contributed by atoms with van der Waals surface area (Å²) < 4.78 is 0. The minimum atomic E-state index is -0.642. The molecule has 0 saturated heterocycles. The first kappa shape index (κ1) is 10.0. The lowest BCUT2D eigenvalue weighted by Crippen LogP contribution is -2.27. The van der Waals surface area contributed by atoms with Gasteiger partial charge in [-0.1, -0.05) is 35.9 Å². The molecule has 0 bridgehead atoms. The van der Waals surface area contributed by atoms with Gasteiger partial charge in [-0.15, -0.1) is 0 Å². The van der Waals surface area contributed by atoms with Crippen LogP contribution in [-0.4, -0.2) is 12.1 Å². The van der Waals surface area contributed by atoms with Crippen LogP contribution in [0.5, 0.6) is 0 Å². The van der Waals surface area contributed by atoms with Gasteiger partial charge in [0.25, 0.3) is 0 Å². The van der Waals surface area contributed by atoms with E-state index in [0.717, 1.165) is 4.90 Å². The zero-order valence-electron chi connectivity index (χ0n) is 6.54. The van der Waals surface area contributed by atoms with E-state index >= 15 is 0 Å². The summed E-state index contributed by atoms with van der Waals surface area (Å²) in [5.74, 6) is 0. The van der Waals surface area contributed by atoms with Crippen LogP contribution in [-0.2, 0) is 0 Å². The number of amides is 4. The lowest BCUT2D eigenvalue weighted by Gasteiger charge is -2.08. The molecule has 1 aliphatic rings. The maximum atomic E-state index is 11.0. The molecule has 0 unspecified atom stereocenters. The highest BCUT2D eigenvalue weighted by Gasteiger charge is 2.28. The molecular formula is C9H9N3O2. The Bertz CT molecular complexity index is 368. The van der Waals surface area contributed by atoms with E-state index in [4.69, 9.17) is 0 Å². The van der Waals surface area contributed by atoms with Crippen LogP contribution in [0.15, 0.2) is 40.6 Å². The van der Waals surface area contributed by atoms with Crippen LogP contribution in [0.4, 0.5) is 15.3 Å². The van der Waals surface area contributed by atoms with E-state index in [1.165, 1.54) is 0 Å². The molecule has 1 heterocycles. The molecule has 1 aromatic rings. The molecule has 0 aromatic heterocycles. The van der Waals surface area contributed by atoms with Crippen LogP contribution in [0.2, 0.25) is 0 Å². The number of hydrogen-bond acceptors (Lipinski definition) is 2. The van der Waals surface area contributed by atoms with Crippen molar-refractivity contribution in [3.63, 3.8) is 0 Å². The summed E-state index contributed by atoms with van der Waals surface area (Å²) in [7, 11) is 0. The average molecular weight is 191 g/mol. The first-order chi connectivity index (χ1) is 6.29. The largest absolute Gasteiger partial charge is 0.375 e. The van der Waals surface area contributed by atoms with Gasteiger partial charge in [0.1, 0.15) is 0 Å². The summed E-state index contributed by atoms with van der Waals surface area (Å²) in [6.07, 6.45) is 0. The quantitative estimate of drug-likeness (QED) is 0.685. The normalized spacial score (nSPS) is 14.4. The fraction of sp³-hybridized carbons (Fsp3) is 0.111. The van der Waals surface area contributed by atoms with Gasteiger partial charge in [-0.2, -0.15) is 0 Å². The van der Waals surface area contributed by atoms with Crippen molar-refractivity contribution in [1.29, 1.82) is 0 Å². The van der Waals surface area contributed by atoms with Gasteiger partial charge < -0.3 is 0 Å². The van der Waals surface area contributed by atoms with Crippen LogP contribution in [0.25, 0.3) is 0 Å². The van der Waals surface area contributed by atoms with Gasteiger partial charge in [0.05, 0.1) is 5.69 Å². The first-order valence-electron chi connectivity index (χ1n) is 3.64. The lowest BCUT2D eigenvalue weighted by atomic mass is 10.3. The molecule has 1 aliphatic heterocycles. The van der Waals surface area contributed by atoms with E-state index in [0.29, 0.717) is 5.69 Å². The van der Waals surface area contributed by atoms with Crippen LogP contribution in [0, 0.1) is 0 Å². The molecule has 0 atom stereocenters. The number of hydrogen-bond donors (Lipinski definition) is 0. The van der Waals surface area contributed by atoms with Crippen molar-refractivity contribution < 1.29 is 9.59 Å². The fourth-order valence-electron chi connectivity index (χ4n) is 1.05. The maximum Gasteiger partial charge on any atom is 0.375 e. The Balaban J connectivity index is 0.000000980. The molecule has 5 heteroatoms. The van der Waals surface area contributed by atoms with Crippen LogP contribution in [0.3, 0.4) is 0 Å². The predicted molar refractivity (Wildman–Crippen MR) is 51.3 cm³/mol. The molecule has 0 N–H and O–H groups in total. The highest BCUT2D eigenvalue weighted by Crippen LogP contribution is 2.19. The average Bonchev–Trinajstić information content (AvgIpc) is 2.48. The minimum absolute atomic E-state index is 0. The van der Waals surface area contributed by atoms with Crippen molar-refractivity contribution in [2.24, 2.45) is 10.2 Å². The minimum Gasteiger partial charge on any atom is -0.243 e. The number of carbonyl (C=O) groups excluding carboxylic acids is 2. The van der Waals surface area contributed by atoms with Crippen molar-refractivity contribution in [1.82, 2.24) is 0 Å². The van der Waals surface area contributed by atoms with Crippen molar-refractivity contribution in [2.75, 3.05) is 4.90 Å². The third-order valence-corrected chi connectivity index (χ3v) is 1.62. The molecule has 72 valence electrons. The Hall–Kier alpha value is -2.04. The van der Waals surface area contributed by atoms with Crippen LogP contribution >= 0.6 is 0 Å². The molecule has 0 spiro atoms. The van der Waals surface area contributed by atoms with Crippen molar-refractivity contribution in [2.45, 2.75) is 7.43 Å². The number of rotatable bonds is 1. The van der Waals surface area contributed by atoms with Gasteiger partial charge in [0.2, 0.25) is 0 Å². The number of benzene rings is 1. The van der Waals surface area contributed by atoms with Gasteiger partial charge in [-0.05, 0) is 12.1 Å². The van der Waals surface area contributed by atoms with E-state index in [1.807, 2.05) is 0 Å². The second kappa shape index (κ2) is 3.78. The number of para-hydroxylation sites is 1. The Morgan fingerprint density at radius 2 is 1.43 bits per heavy atom. The Morgan fingerprint density at radius 3 is 1.93 bits per heavy atom. The summed E-state index contributed by atoms with van der Waals surface area (Å²) in [5.41, 5.74) is 0.488. The first-order valence-corrected chi connectivity index (χ1v) is 3.64. The number of urea groups is 2. The third-order valence-electron chi connectivity index (χ3n) is 1.62. The molecule has 1 aromatic carbocycles. The summed E-state index contributed by atoms with van der Waals surface area (Å²) >= 11 is 0. The smallest absolute Gasteiger partial charge is 0.243 e. The zero-order chi connectivity index (χ0) is 9.26. The van der Waals surface area contributed by atoms with Gasteiger partial charge in [-0.3, -0.25) is 0 Å². The Labute approximate surface area is 81.1 Å². The number of nitrogens with zero attached hydrogens (tertiary/aromatic N) is 3. The summed E-state index contributed by atoms with van der Waals surface area (Å²) in [6.45, 7) is 0. The number of imide groups is 1. The van der Waals surface area contributed by atoms with Gasteiger partial charge >= 0.3 is 12.1 Å². The van der Waals surface area contributed by atoms with Crippen LogP contribution < -0.4 is 4.90 Å². The zero-order valence-corrected chi connectivity index (χ0v) is 6.54. The van der Waals surface area contributed by atoms with Crippen molar-refractivity contribution in [3.05, 3.63) is 30.3 Å². The standard InChI is InChI=1S/C8H5N3O2.CH4/c12-7-9-10-8(13)11(7)6-4-2-1-3-5-6;/h1-5H;1H4. The molecule has 0 aliphatic carbocycles. The summed E-state index contributed by atoms with van der Waals surface area (Å²) in [6, 6.07) is 7.26. The number of anilines is 1. The van der Waals surface area contributed by atoms with Gasteiger partial charge in [-0.25, -0.2) is 14.5 Å². The van der Waals surface area contributed by atoms with Crippen molar-refractivity contribution >= 4 is 17.7 Å². The topological polar surface area (TPSA) is 62.1 Å². The molecule has 0 fully saturated rings. The Kier molecular flexibility index (Phi) is 2.71. The van der Waals surface area contributed by atoms with Crippen LogP contribution in [0.1, 0.15) is 7.43 Å². The Morgan fingerprint density at radius 1 is 0.929 bits per heavy atom. The fourth-order valence-corrected chi connectivity index (χ4v) is 1.05. The number of azo groups is 1. The molecule has 4 amide bonds. The predicted octanol–water partition coefficient (Wildman–Crippen LogP) is 2.83. The SMILES string of the molecule is C.O=C1N=NC(=O)N1c1ccccc1. The highest BCUT2D eigenvalue weighted by atomic mass is 16.2. The maximum absolute atomic E-state index is 11.0. The lowest BCUT2D eigenvalue weighted by molar-refractivity contribution is 0.249. The molecule has 14 heavy (non-hydrogen) atoms. The van der Waals surface area contributed by atoms with E-state index < -0.39 is 12.1 Å². The second-order valence-electron chi connectivity index (χ2n) is 2.44. The monoisotopic (exact) mass is 191 g/mol. The summed E-state index contributed by atoms with van der Waals surface area (Å²) in [5, 5.41) is 6.27. The molecule has 2 rings (SSSR count). The molecule has 5 nitrogen and oxygen atoms in total. The van der Waals surface area contributed by atoms with Gasteiger partial charge in [0, 0.05) is 0 Å². The van der Waals surface area contributed by atoms with Gasteiger partial charge in [0.15, 0.2) is 0 Å². The second-order valence-corrected chi connectivity index (χ2v) is 2.44. The number of carbonyl (C=O) groups is 2. The molecule has 0 radical (unpaired) electrons.